The molecule has 3 aromatic rings. The summed E-state index contributed by atoms with van der Waals surface area (Å²) in [4.78, 5) is 12.7. The first-order chi connectivity index (χ1) is 9.40. The van der Waals surface area contributed by atoms with Gasteiger partial charge in [-0.3, -0.25) is 10.8 Å². The minimum Gasteiger partial charge on any atom is -0.270 e. The molecule has 1 aromatic carbocycles. The van der Waals surface area contributed by atoms with Gasteiger partial charge in [0.05, 0.1) is 0 Å². The fourth-order valence-corrected chi connectivity index (χ4v) is 2.15. The highest BCUT2D eigenvalue weighted by Crippen LogP contribution is 2.25. The highest BCUT2D eigenvalue weighted by atomic mass is 15.2. The molecule has 1 unspecified atom stereocenters. The molecule has 19 heavy (non-hydrogen) atoms. The van der Waals surface area contributed by atoms with Crippen LogP contribution in [0.15, 0.2) is 55.1 Å². The summed E-state index contributed by atoms with van der Waals surface area (Å²) in [6, 6.07) is 9.53. The maximum Gasteiger partial charge on any atom is 0.150 e. The van der Waals surface area contributed by atoms with E-state index in [1.807, 2.05) is 30.5 Å². The number of nitrogens with two attached hydrogens (primary N) is 1. The molecule has 5 nitrogen and oxygen atoms in total. The number of hydrogen-bond donors (Lipinski definition) is 2. The van der Waals surface area contributed by atoms with Gasteiger partial charge in [0.15, 0.2) is 5.82 Å². The van der Waals surface area contributed by atoms with Crippen LogP contribution in [0.4, 0.5) is 0 Å². The standard InChI is InChI=1S/C14H13N5/c15-19-13(14-17-6-2-7-18-14)11-4-1-3-10-5-8-16-9-12(10)11/h1-9,13,19H,15H2. The summed E-state index contributed by atoms with van der Waals surface area (Å²) >= 11 is 0. The van der Waals surface area contributed by atoms with E-state index in [9.17, 15) is 0 Å². The van der Waals surface area contributed by atoms with Gasteiger partial charge < -0.3 is 0 Å². The predicted molar refractivity (Wildman–Crippen MR) is 72.9 cm³/mol. The van der Waals surface area contributed by atoms with Crippen molar-refractivity contribution in [1.82, 2.24) is 20.4 Å². The lowest BCUT2D eigenvalue weighted by Crippen LogP contribution is -2.30. The van der Waals surface area contributed by atoms with Gasteiger partial charge in [-0.2, -0.15) is 0 Å². The summed E-state index contributed by atoms with van der Waals surface area (Å²) in [5.74, 6) is 6.32. The Morgan fingerprint density at radius 2 is 1.84 bits per heavy atom. The highest BCUT2D eigenvalue weighted by molar-refractivity contribution is 5.85. The number of fused-ring (bicyclic) bond motifs is 1. The normalized spacial score (nSPS) is 12.5. The van der Waals surface area contributed by atoms with Crippen LogP contribution in [0.3, 0.4) is 0 Å². The summed E-state index contributed by atoms with van der Waals surface area (Å²) in [5.41, 5.74) is 3.79. The summed E-state index contributed by atoms with van der Waals surface area (Å²) in [7, 11) is 0. The van der Waals surface area contributed by atoms with Crippen molar-refractivity contribution in [2.45, 2.75) is 6.04 Å². The zero-order valence-electron chi connectivity index (χ0n) is 10.2. The molecule has 1 atom stereocenters. The van der Waals surface area contributed by atoms with Gasteiger partial charge >= 0.3 is 0 Å². The van der Waals surface area contributed by atoms with Crippen molar-refractivity contribution in [2.75, 3.05) is 0 Å². The van der Waals surface area contributed by atoms with E-state index in [0.717, 1.165) is 16.3 Å². The Kier molecular flexibility index (Phi) is 3.14. The SMILES string of the molecule is NNC(c1ncccn1)c1cccc2ccncc12. The van der Waals surface area contributed by atoms with Crippen LogP contribution in [0, 0.1) is 0 Å². The Hall–Kier alpha value is -2.37. The van der Waals surface area contributed by atoms with Crippen LogP contribution in [-0.4, -0.2) is 15.0 Å². The number of aromatic nitrogens is 3. The summed E-state index contributed by atoms with van der Waals surface area (Å²) in [6.07, 6.45) is 7.01. The molecule has 0 aliphatic carbocycles. The lowest BCUT2D eigenvalue weighted by molar-refractivity contribution is 0.605. The number of hydrazine groups is 1. The van der Waals surface area contributed by atoms with E-state index in [1.54, 1.807) is 24.7 Å². The van der Waals surface area contributed by atoms with Crippen LogP contribution in [0.5, 0.6) is 0 Å². The van der Waals surface area contributed by atoms with E-state index in [1.165, 1.54) is 0 Å². The molecule has 0 bridgehead atoms. The zero-order valence-corrected chi connectivity index (χ0v) is 10.2. The van der Waals surface area contributed by atoms with Crippen LogP contribution < -0.4 is 11.3 Å². The molecule has 0 aliphatic heterocycles. The number of rotatable bonds is 3. The summed E-state index contributed by atoms with van der Waals surface area (Å²) in [5, 5.41) is 2.16. The maximum atomic E-state index is 5.68. The van der Waals surface area contributed by atoms with Crippen molar-refractivity contribution in [3.05, 3.63) is 66.5 Å². The van der Waals surface area contributed by atoms with Crippen LogP contribution in [0.1, 0.15) is 17.4 Å². The topological polar surface area (TPSA) is 76.7 Å². The van der Waals surface area contributed by atoms with Gasteiger partial charge in [-0.25, -0.2) is 15.4 Å². The van der Waals surface area contributed by atoms with E-state index in [2.05, 4.69) is 20.4 Å². The Balaban J connectivity index is 2.17. The molecule has 3 rings (SSSR count). The average Bonchev–Trinajstić information content (AvgIpc) is 2.49. The molecule has 2 aromatic heterocycles. The fourth-order valence-electron chi connectivity index (χ4n) is 2.15. The number of benzene rings is 1. The van der Waals surface area contributed by atoms with Crippen molar-refractivity contribution in [3.8, 4) is 0 Å². The van der Waals surface area contributed by atoms with Gasteiger partial charge in [-0.15, -0.1) is 0 Å². The molecule has 2 heterocycles. The van der Waals surface area contributed by atoms with Gasteiger partial charge in [0.25, 0.3) is 0 Å². The number of nitrogens with one attached hydrogen (secondary N) is 1. The zero-order chi connectivity index (χ0) is 13.1. The summed E-state index contributed by atoms with van der Waals surface area (Å²) < 4.78 is 0. The van der Waals surface area contributed by atoms with Crippen LogP contribution in [0.25, 0.3) is 10.8 Å². The van der Waals surface area contributed by atoms with Gasteiger partial charge in [0, 0.05) is 30.2 Å². The smallest absolute Gasteiger partial charge is 0.150 e. The summed E-state index contributed by atoms with van der Waals surface area (Å²) in [6.45, 7) is 0. The molecule has 0 spiro atoms. The monoisotopic (exact) mass is 251 g/mol. The van der Waals surface area contributed by atoms with Crippen molar-refractivity contribution >= 4 is 10.8 Å². The third-order valence-electron chi connectivity index (χ3n) is 3.04. The molecule has 0 saturated heterocycles. The lowest BCUT2D eigenvalue weighted by Gasteiger charge is -2.16. The first kappa shape index (κ1) is 11.7. The predicted octanol–water partition coefficient (Wildman–Crippen LogP) is 1.58. The van der Waals surface area contributed by atoms with Crippen LogP contribution >= 0.6 is 0 Å². The maximum absolute atomic E-state index is 5.68. The number of hydrogen-bond acceptors (Lipinski definition) is 5. The minimum absolute atomic E-state index is 0.255. The Bertz CT molecular complexity index is 678. The molecule has 0 aliphatic rings. The second-order valence-corrected chi connectivity index (χ2v) is 4.15. The van der Waals surface area contributed by atoms with Gasteiger partial charge in [-0.1, -0.05) is 18.2 Å². The van der Waals surface area contributed by atoms with Crippen molar-refractivity contribution in [3.63, 3.8) is 0 Å². The molecule has 0 radical (unpaired) electrons. The minimum atomic E-state index is -0.255. The Morgan fingerprint density at radius 3 is 2.63 bits per heavy atom. The largest absolute Gasteiger partial charge is 0.270 e. The van der Waals surface area contributed by atoms with Gasteiger partial charge in [0.2, 0.25) is 0 Å². The van der Waals surface area contributed by atoms with E-state index >= 15 is 0 Å². The molecule has 0 saturated carbocycles. The van der Waals surface area contributed by atoms with Crippen molar-refractivity contribution in [2.24, 2.45) is 5.84 Å². The number of nitrogens with zero attached hydrogens (tertiary/aromatic N) is 3. The third-order valence-corrected chi connectivity index (χ3v) is 3.04. The van der Waals surface area contributed by atoms with Crippen LogP contribution in [-0.2, 0) is 0 Å². The van der Waals surface area contributed by atoms with E-state index in [4.69, 9.17) is 5.84 Å². The molecule has 94 valence electrons. The highest BCUT2D eigenvalue weighted by Gasteiger charge is 2.17. The Labute approximate surface area is 110 Å². The molecule has 0 amide bonds. The molecular weight excluding hydrogens is 238 g/mol. The lowest BCUT2D eigenvalue weighted by atomic mass is 10.00. The van der Waals surface area contributed by atoms with Gasteiger partial charge in [0.1, 0.15) is 6.04 Å². The second-order valence-electron chi connectivity index (χ2n) is 4.15. The quantitative estimate of drug-likeness (QED) is 0.546. The molecule has 5 heteroatoms. The van der Waals surface area contributed by atoms with Crippen LogP contribution in [0.2, 0.25) is 0 Å². The van der Waals surface area contributed by atoms with Crippen molar-refractivity contribution < 1.29 is 0 Å². The average molecular weight is 251 g/mol. The second kappa shape index (κ2) is 5.09. The van der Waals surface area contributed by atoms with Crippen molar-refractivity contribution in [1.29, 1.82) is 0 Å². The van der Waals surface area contributed by atoms with Gasteiger partial charge in [-0.05, 0) is 23.1 Å². The van der Waals surface area contributed by atoms with E-state index < -0.39 is 0 Å². The first-order valence-electron chi connectivity index (χ1n) is 5.96. The first-order valence-corrected chi connectivity index (χ1v) is 5.96. The Morgan fingerprint density at radius 1 is 1.00 bits per heavy atom. The molecule has 3 N–H and O–H groups in total. The fraction of sp³-hybridized carbons (Fsp3) is 0.0714. The molecule has 0 fully saturated rings. The molecular formula is C14H13N5. The van der Waals surface area contributed by atoms with E-state index in [0.29, 0.717) is 5.82 Å². The number of pyridine rings is 1. The third kappa shape index (κ3) is 2.16. The van der Waals surface area contributed by atoms with E-state index in [-0.39, 0.29) is 6.04 Å².